The molecule has 1 aromatic rings. The molecule has 0 aromatic heterocycles. The van der Waals surface area contributed by atoms with Crippen LogP contribution in [0.5, 0.6) is 0 Å². The first-order valence-corrected chi connectivity index (χ1v) is 7.56. The molecule has 0 radical (unpaired) electrons. The first-order valence-electron chi connectivity index (χ1n) is 6.12. The molecule has 8 heteroatoms. The van der Waals surface area contributed by atoms with E-state index in [2.05, 4.69) is 0 Å². The molecule has 20 heavy (non-hydrogen) atoms. The van der Waals surface area contributed by atoms with Gasteiger partial charge in [0.2, 0.25) is 10.0 Å². The Morgan fingerprint density at radius 2 is 2.05 bits per heavy atom. The quantitative estimate of drug-likeness (QED) is 0.924. The number of benzene rings is 1. The number of hydrogen-bond donors (Lipinski definition) is 1. The summed E-state index contributed by atoms with van der Waals surface area (Å²) in [7, 11) is -3.89. The van der Waals surface area contributed by atoms with E-state index in [-0.39, 0.29) is 17.4 Å². The lowest BCUT2D eigenvalue weighted by Gasteiger charge is -2.17. The molecule has 0 amide bonds. The van der Waals surface area contributed by atoms with E-state index in [4.69, 9.17) is 5.73 Å². The number of rotatable bonds is 3. The van der Waals surface area contributed by atoms with Crippen molar-refractivity contribution in [1.82, 2.24) is 4.31 Å². The van der Waals surface area contributed by atoms with Gasteiger partial charge in [-0.25, -0.2) is 8.42 Å². The molecule has 0 aliphatic carbocycles. The fraction of sp³-hybridized carbons (Fsp3) is 0.500. The van der Waals surface area contributed by atoms with Gasteiger partial charge in [-0.2, -0.15) is 17.5 Å². The van der Waals surface area contributed by atoms with Gasteiger partial charge in [-0.15, -0.1) is 0 Å². The Balaban J connectivity index is 2.31. The van der Waals surface area contributed by atoms with Crippen LogP contribution in [0.1, 0.15) is 12.0 Å². The van der Waals surface area contributed by atoms with E-state index in [0.29, 0.717) is 25.6 Å². The number of nitrogens with zero attached hydrogens (tertiary/aromatic N) is 1. The molecular formula is C12H15F3N2O2S. The normalized spacial score (nSPS) is 21.3. The average Bonchev–Trinajstić information content (AvgIpc) is 2.87. The second kappa shape index (κ2) is 5.34. The summed E-state index contributed by atoms with van der Waals surface area (Å²) in [5, 5.41) is 0. The van der Waals surface area contributed by atoms with Gasteiger partial charge in [-0.1, -0.05) is 6.07 Å². The summed E-state index contributed by atoms with van der Waals surface area (Å²) in [4.78, 5) is -0.329. The zero-order chi connectivity index (χ0) is 15.0. The summed E-state index contributed by atoms with van der Waals surface area (Å²) in [6.07, 6.45) is -3.93. The Morgan fingerprint density at radius 3 is 2.60 bits per heavy atom. The van der Waals surface area contributed by atoms with E-state index < -0.39 is 21.8 Å². The second-order valence-electron chi connectivity index (χ2n) is 4.78. The largest absolute Gasteiger partial charge is 0.416 e. The van der Waals surface area contributed by atoms with Crippen LogP contribution in [0.2, 0.25) is 0 Å². The van der Waals surface area contributed by atoms with Gasteiger partial charge in [0.25, 0.3) is 0 Å². The SMILES string of the molecule is NCC1CCN(S(=O)(=O)c2cccc(C(F)(F)F)c2)C1. The highest BCUT2D eigenvalue weighted by Gasteiger charge is 2.35. The van der Waals surface area contributed by atoms with Gasteiger partial charge in [0.15, 0.2) is 0 Å². The van der Waals surface area contributed by atoms with Crippen molar-refractivity contribution in [3.8, 4) is 0 Å². The Morgan fingerprint density at radius 1 is 1.35 bits per heavy atom. The van der Waals surface area contributed by atoms with E-state index in [0.717, 1.165) is 12.1 Å². The monoisotopic (exact) mass is 308 g/mol. The van der Waals surface area contributed by atoms with Crippen molar-refractivity contribution in [3.63, 3.8) is 0 Å². The van der Waals surface area contributed by atoms with Gasteiger partial charge in [-0.3, -0.25) is 0 Å². The van der Waals surface area contributed by atoms with Crippen molar-refractivity contribution < 1.29 is 21.6 Å². The van der Waals surface area contributed by atoms with Crippen LogP contribution in [-0.4, -0.2) is 32.4 Å². The topological polar surface area (TPSA) is 63.4 Å². The molecule has 112 valence electrons. The lowest BCUT2D eigenvalue weighted by atomic mass is 10.1. The van der Waals surface area contributed by atoms with Gasteiger partial charge >= 0.3 is 6.18 Å². The number of sulfonamides is 1. The number of nitrogens with two attached hydrogens (primary N) is 1. The molecule has 1 atom stereocenters. The third-order valence-corrected chi connectivity index (χ3v) is 5.24. The summed E-state index contributed by atoms with van der Waals surface area (Å²) >= 11 is 0. The number of alkyl halides is 3. The summed E-state index contributed by atoms with van der Waals surface area (Å²) in [6, 6.07) is 3.81. The highest BCUT2D eigenvalue weighted by atomic mass is 32.2. The fourth-order valence-electron chi connectivity index (χ4n) is 2.19. The first-order chi connectivity index (χ1) is 9.25. The van der Waals surface area contributed by atoms with Crippen molar-refractivity contribution in [1.29, 1.82) is 0 Å². The molecule has 4 nitrogen and oxygen atoms in total. The van der Waals surface area contributed by atoms with E-state index in [1.807, 2.05) is 0 Å². The van der Waals surface area contributed by atoms with E-state index in [1.54, 1.807) is 0 Å². The molecule has 2 rings (SSSR count). The molecular weight excluding hydrogens is 293 g/mol. The summed E-state index contributed by atoms with van der Waals surface area (Å²) < 4.78 is 63.7. The Labute approximate surface area is 115 Å². The highest BCUT2D eigenvalue weighted by molar-refractivity contribution is 7.89. The van der Waals surface area contributed by atoms with Gasteiger partial charge < -0.3 is 5.73 Å². The summed E-state index contributed by atoms with van der Waals surface area (Å²) in [5.74, 6) is 0.0653. The zero-order valence-electron chi connectivity index (χ0n) is 10.6. The van der Waals surface area contributed by atoms with Crippen LogP contribution in [-0.2, 0) is 16.2 Å². The van der Waals surface area contributed by atoms with Gasteiger partial charge in [0.1, 0.15) is 0 Å². The number of hydrogen-bond acceptors (Lipinski definition) is 3. The van der Waals surface area contributed by atoms with Gasteiger partial charge in [-0.05, 0) is 37.1 Å². The van der Waals surface area contributed by atoms with Crippen LogP contribution < -0.4 is 5.73 Å². The summed E-state index contributed by atoms with van der Waals surface area (Å²) in [6.45, 7) is 0.921. The summed E-state index contributed by atoms with van der Waals surface area (Å²) in [5.41, 5.74) is 4.52. The molecule has 0 spiro atoms. The van der Waals surface area contributed by atoms with E-state index >= 15 is 0 Å². The molecule has 0 bridgehead atoms. The van der Waals surface area contributed by atoms with Crippen LogP contribution in [0.15, 0.2) is 29.2 Å². The van der Waals surface area contributed by atoms with E-state index in [9.17, 15) is 21.6 Å². The standard InChI is InChI=1S/C12H15F3N2O2S/c13-12(14,15)10-2-1-3-11(6-10)20(18,19)17-5-4-9(7-16)8-17/h1-3,6,9H,4-5,7-8,16H2. The van der Waals surface area contributed by atoms with Crippen LogP contribution in [0.3, 0.4) is 0 Å². The molecule has 2 N–H and O–H groups in total. The molecule has 1 fully saturated rings. The van der Waals surface area contributed by atoms with Crippen LogP contribution >= 0.6 is 0 Å². The third kappa shape index (κ3) is 2.97. The lowest BCUT2D eigenvalue weighted by Crippen LogP contribution is -2.30. The first kappa shape index (κ1) is 15.3. The fourth-order valence-corrected chi connectivity index (χ4v) is 3.77. The predicted octanol–water partition coefficient (Wildman–Crippen LogP) is 1.67. The molecule has 1 heterocycles. The molecule has 1 saturated heterocycles. The highest BCUT2D eigenvalue weighted by Crippen LogP contribution is 2.32. The number of halogens is 3. The second-order valence-corrected chi connectivity index (χ2v) is 6.72. The van der Waals surface area contributed by atoms with Crippen molar-refractivity contribution in [2.75, 3.05) is 19.6 Å². The molecule has 1 aliphatic heterocycles. The van der Waals surface area contributed by atoms with Crippen molar-refractivity contribution in [3.05, 3.63) is 29.8 Å². The smallest absolute Gasteiger partial charge is 0.330 e. The van der Waals surface area contributed by atoms with Crippen molar-refractivity contribution in [2.24, 2.45) is 11.7 Å². The maximum Gasteiger partial charge on any atom is 0.416 e. The molecule has 1 unspecified atom stereocenters. The van der Waals surface area contributed by atoms with Gasteiger partial charge in [0.05, 0.1) is 10.5 Å². The van der Waals surface area contributed by atoms with Gasteiger partial charge in [0, 0.05) is 13.1 Å². The minimum Gasteiger partial charge on any atom is -0.330 e. The molecule has 1 aliphatic rings. The maximum absolute atomic E-state index is 12.6. The van der Waals surface area contributed by atoms with Crippen molar-refractivity contribution in [2.45, 2.75) is 17.5 Å². The molecule has 0 saturated carbocycles. The Bertz CT molecular complexity index is 587. The van der Waals surface area contributed by atoms with Crippen molar-refractivity contribution >= 4 is 10.0 Å². The Kier molecular flexibility index (Phi) is 4.08. The van der Waals surface area contributed by atoms with Crippen LogP contribution in [0.4, 0.5) is 13.2 Å². The Hall–Kier alpha value is -1.12. The average molecular weight is 308 g/mol. The minimum atomic E-state index is -4.56. The minimum absolute atomic E-state index is 0.0653. The maximum atomic E-state index is 12.6. The van der Waals surface area contributed by atoms with E-state index in [1.165, 1.54) is 10.4 Å². The predicted molar refractivity (Wildman–Crippen MR) is 67.4 cm³/mol. The van der Waals surface area contributed by atoms with Crippen LogP contribution in [0, 0.1) is 5.92 Å². The zero-order valence-corrected chi connectivity index (χ0v) is 11.4. The lowest BCUT2D eigenvalue weighted by molar-refractivity contribution is -0.137. The third-order valence-electron chi connectivity index (χ3n) is 3.38. The molecule has 1 aromatic carbocycles. The van der Waals surface area contributed by atoms with Crippen LogP contribution in [0.25, 0.3) is 0 Å².